The molecule has 1 aliphatic rings. The highest BCUT2D eigenvalue weighted by atomic mass is 32.2. The molecule has 1 aromatic rings. The summed E-state index contributed by atoms with van der Waals surface area (Å²) >= 11 is 4.05. The Morgan fingerprint density at radius 1 is 1.26 bits per heavy atom. The summed E-state index contributed by atoms with van der Waals surface area (Å²) in [5, 5.41) is 16.1. The fraction of sp³-hybridized carbons (Fsp3) is 0.533. The Morgan fingerprint density at radius 3 is 2.70 bits per heavy atom. The molecule has 2 rings (SSSR count). The Balaban J connectivity index is 1.91. The number of ether oxygens (including phenoxy) is 1. The van der Waals surface area contributed by atoms with Crippen LogP contribution in [-0.4, -0.2) is 59.3 Å². The van der Waals surface area contributed by atoms with E-state index in [2.05, 4.69) is 26.1 Å². The molecule has 1 aliphatic heterocycles. The van der Waals surface area contributed by atoms with Crippen LogP contribution in [0.3, 0.4) is 0 Å². The second kappa shape index (κ2) is 11.1. The number of hydrogen-bond donors (Lipinski definition) is 3. The minimum absolute atomic E-state index is 0.0343. The quantitative estimate of drug-likeness (QED) is 0.375. The highest BCUT2D eigenvalue weighted by Crippen LogP contribution is 2.30. The van der Waals surface area contributed by atoms with Crippen molar-refractivity contribution < 1.29 is 19.1 Å². The van der Waals surface area contributed by atoms with Crippen molar-refractivity contribution in [3.8, 4) is 0 Å². The number of carbonyl (C=O) groups excluding carboxylic acids is 3. The standard InChI is InChI=1S/C15H21N5O4S3/c1-3-5-16-11(21)8-26-15-20-19-14(27-15)25-7-10-9(12(22)24-4-2)6-17-13(23)18-10/h3-8H2,1-2H3,(H,16,21)(H2,17,18,23). The van der Waals surface area contributed by atoms with Gasteiger partial charge in [-0.2, -0.15) is 0 Å². The zero-order valence-electron chi connectivity index (χ0n) is 15.0. The number of urea groups is 1. The first-order valence-electron chi connectivity index (χ1n) is 8.33. The van der Waals surface area contributed by atoms with E-state index in [9.17, 15) is 14.4 Å². The lowest BCUT2D eigenvalue weighted by atomic mass is 10.2. The van der Waals surface area contributed by atoms with Crippen molar-refractivity contribution in [1.82, 2.24) is 26.1 Å². The number of amides is 3. The Morgan fingerprint density at radius 2 is 2.00 bits per heavy atom. The van der Waals surface area contributed by atoms with Gasteiger partial charge in [0.15, 0.2) is 8.68 Å². The van der Waals surface area contributed by atoms with Gasteiger partial charge in [-0.25, -0.2) is 9.59 Å². The third-order valence-corrected chi connectivity index (χ3v) is 6.42. The number of carbonyl (C=O) groups is 3. The molecule has 27 heavy (non-hydrogen) atoms. The van der Waals surface area contributed by atoms with Gasteiger partial charge in [0.25, 0.3) is 0 Å². The van der Waals surface area contributed by atoms with Crippen molar-refractivity contribution in [2.45, 2.75) is 28.9 Å². The van der Waals surface area contributed by atoms with Crippen LogP contribution in [0.25, 0.3) is 0 Å². The third-order valence-electron chi connectivity index (χ3n) is 3.20. The summed E-state index contributed by atoms with van der Waals surface area (Å²) < 4.78 is 6.40. The highest BCUT2D eigenvalue weighted by molar-refractivity contribution is 8.03. The lowest BCUT2D eigenvalue weighted by Gasteiger charge is -2.20. The average molecular weight is 432 g/mol. The first-order valence-corrected chi connectivity index (χ1v) is 11.1. The summed E-state index contributed by atoms with van der Waals surface area (Å²) in [5.41, 5.74) is 0.904. The van der Waals surface area contributed by atoms with Crippen LogP contribution in [0.5, 0.6) is 0 Å². The molecule has 0 atom stereocenters. The fourth-order valence-corrected chi connectivity index (χ4v) is 4.80. The number of aromatic nitrogens is 2. The molecular formula is C15H21N5O4S3. The van der Waals surface area contributed by atoms with E-state index in [1.165, 1.54) is 34.9 Å². The molecule has 0 saturated carbocycles. The number of rotatable bonds is 10. The van der Waals surface area contributed by atoms with Gasteiger partial charge < -0.3 is 20.7 Å². The summed E-state index contributed by atoms with van der Waals surface area (Å²) in [6.45, 7) is 4.78. The van der Waals surface area contributed by atoms with Gasteiger partial charge in [0.2, 0.25) is 5.91 Å². The Hall–Kier alpha value is -1.79. The van der Waals surface area contributed by atoms with Crippen molar-refractivity contribution in [2.75, 3.05) is 31.2 Å². The second-order valence-electron chi connectivity index (χ2n) is 5.25. The monoisotopic (exact) mass is 431 g/mol. The van der Waals surface area contributed by atoms with E-state index in [1.54, 1.807) is 6.92 Å². The van der Waals surface area contributed by atoms with Crippen LogP contribution in [0, 0.1) is 0 Å². The normalized spacial score (nSPS) is 13.8. The van der Waals surface area contributed by atoms with E-state index in [4.69, 9.17) is 4.74 Å². The molecular weight excluding hydrogens is 410 g/mol. The molecule has 3 amide bonds. The van der Waals surface area contributed by atoms with Gasteiger partial charge in [0.05, 0.1) is 24.5 Å². The van der Waals surface area contributed by atoms with Gasteiger partial charge in [-0.05, 0) is 13.3 Å². The van der Waals surface area contributed by atoms with Gasteiger partial charge in [-0.3, -0.25) is 4.79 Å². The zero-order valence-corrected chi connectivity index (χ0v) is 17.4. The number of thioether (sulfide) groups is 2. The van der Waals surface area contributed by atoms with Gasteiger partial charge in [0, 0.05) is 18.0 Å². The summed E-state index contributed by atoms with van der Waals surface area (Å²) in [6, 6.07) is -0.356. The summed E-state index contributed by atoms with van der Waals surface area (Å²) in [7, 11) is 0. The first kappa shape index (κ1) is 21.5. The smallest absolute Gasteiger partial charge is 0.337 e. The molecule has 12 heteroatoms. The van der Waals surface area contributed by atoms with Crippen molar-refractivity contribution in [1.29, 1.82) is 0 Å². The van der Waals surface area contributed by atoms with E-state index in [0.717, 1.165) is 6.42 Å². The van der Waals surface area contributed by atoms with Crippen LogP contribution < -0.4 is 16.0 Å². The van der Waals surface area contributed by atoms with Crippen LogP contribution in [0.4, 0.5) is 4.79 Å². The predicted molar refractivity (Wildman–Crippen MR) is 105 cm³/mol. The first-order chi connectivity index (χ1) is 13.0. The van der Waals surface area contributed by atoms with Gasteiger partial charge in [0.1, 0.15) is 0 Å². The molecule has 0 unspecified atom stereocenters. The number of hydrogen-bond acceptors (Lipinski definition) is 9. The van der Waals surface area contributed by atoms with Gasteiger partial charge >= 0.3 is 12.0 Å². The molecule has 1 aromatic heterocycles. The van der Waals surface area contributed by atoms with E-state index >= 15 is 0 Å². The van der Waals surface area contributed by atoms with Crippen molar-refractivity contribution in [3.05, 3.63) is 11.3 Å². The Kier molecular flexibility index (Phi) is 8.88. The minimum Gasteiger partial charge on any atom is -0.463 e. The average Bonchev–Trinajstić information content (AvgIpc) is 3.11. The van der Waals surface area contributed by atoms with E-state index in [-0.39, 0.29) is 25.1 Å². The van der Waals surface area contributed by atoms with Crippen LogP contribution in [-0.2, 0) is 14.3 Å². The van der Waals surface area contributed by atoms with E-state index < -0.39 is 5.97 Å². The zero-order chi connectivity index (χ0) is 19.6. The molecule has 3 N–H and O–H groups in total. The van der Waals surface area contributed by atoms with E-state index in [0.29, 0.717) is 38.0 Å². The topological polar surface area (TPSA) is 122 Å². The molecule has 0 bridgehead atoms. The van der Waals surface area contributed by atoms with Crippen molar-refractivity contribution in [3.63, 3.8) is 0 Å². The van der Waals surface area contributed by atoms with Crippen LogP contribution in [0.1, 0.15) is 20.3 Å². The third kappa shape index (κ3) is 7.03. The number of esters is 1. The molecule has 0 aliphatic carbocycles. The molecule has 0 aromatic carbocycles. The predicted octanol–water partition coefficient (Wildman–Crippen LogP) is 1.38. The SMILES string of the molecule is CCCNC(=O)CSc1nnc(SCC2=C(C(=O)OCC)CNC(=O)N2)s1. The molecule has 0 saturated heterocycles. The molecule has 9 nitrogen and oxygen atoms in total. The molecule has 2 heterocycles. The van der Waals surface area contributed by atoms with Crippen molar-refractivity contribution in [2.24, 2.45) is 0 Å². The maximum Gasteiger partial charge on any atom is 0.337 e. The minimum atomic E-state index is -0.452. The van der Waals surface area contributed by atoms with Gasteiger partial charge in [-0.1, -0.05) is 41.8 Å². The van der Waals surface area contributed by atoms with E-state index in [1.807, 2.05) is 6.92 Å². The van der Waals surface area contributed by atoms with Crippen LogP contribution in [0.2, 0.25) is 0 Å². The number of nitrogens with zero attached hydrogens (tertiary/aromatic N) is 2. The summed E-state index contributed by atoms with van der Waals surface area (Å²) in [5.74, 6) is 0.164. The maximum atomic E-state index is 12.0. The molecule has 0 spiro atoms. The van der Waals surface area contributed by atoms with Crippen molar-refractivity contribution >= 4 is 52.8 Å². The van der Waals surface area contributed by atoms with Gasteiger partial charge in [-0.15, -0.1) is 10.2 Å². The lowest BCUT2D eigenvalue weighted by molar-refractivity contribution is -0.138. The second-order valence-corrected chi connectivity index (χ2v) is 8.67. The molecule has 0 radical (unpaired) electrons. The highest BCUT2D eigenvalue weighted by Gasteiger charge is 2.24. The largest absolute Gasteiger partial charge is 0.463 e. The lowest BCUT2D eigenvalue weighted by Crippen LogP contribution is -2.44. The maximum absolute atomic E-state index is 12.0. The van der Waals surface area contributed by atoms with Crippen LogP contribution >= 0.6 is 34.9 Å². The molecule has 148 valence electrons. The fourth-order valence-electron chi connectivity index (χ4n) is 1.96. The Bertz CT molecular complexity index is 722. The van der Waals surface area contributed by atoms with Crippen LogP contribution in [0.15, 0.2) is 19.9 Å². The summed E-state index contributed by atoms with van der Waals surface area (Å²) in [6.07, 6.45) is 0.895. The molecule has 0 fully saturated rings. The number of nitrogens with one attached hydrogen (secondary N) is 3. The Labute approximate surface area is 169 Å². The summed E-state index contributed by atoms with van der Waals surface area (Å²) in [4.78, 5) is 35.2.